The summed E-state index contributed by atoms with van der Waals surface area (Å²) in [4.78, 5) is 0. The van der Waals surface area contributed by atoms with Crippen molar-refractivity contribution in [2.45, 2.75) is 43.8 Å². The summed E-state index contributed by atoms with van der Waals surface area (Å²) in [6, 6.07) is 0.897. The third-order valence-electron chi connectivity index (χ3n) is 4.14. The minimum absolute atomic E-state index is 0.00646. The van der Waals surface area contributed by atoms with Gasteiger partial charge in [0.25, 0.3) is 0 Å². The Morgan fingerprint density at radius 3 is 1.62 bits per heavy atom. The Balaban J connectivity index is 4.90. The van der Waals surface area contributed by atoms with Gasteiger partial charge in [0.1, 0.15) is 0 Å². The highest BCUT2D eigenvalue weighted by Gasteiger charge is 2.58. The fourth-order valence-electron chi connectivity index (χ4n) is 2.73. The zero-order valence-electron chi connectivity index (χ0n) is 14.2. The molecule has 0 amide bonds. The number of alkyl halides is 1. The molecule has 8 heteroatoms. The first-order chi connectivity index (χ1) is 10.0. The second-order valence-electron chi connectivity index (χ2n) is 5.01. The second kappa shape index (κ2) is 11.1. The van der Waals surface area contributed by atoms with E-state index < -0.39 is 17.4 Å². The van der Waals surface area contributed by atoms with Gasteiger partial charge in [0.05, 0.1) is 5.16 Å². The van der Waals surface area contributed by atoms with Crippen molar-refractivity contribution in [2.75, 3.05) is 41.4 Å². The smallest absolute Gasteiger partial charge is 0.397 e. The molecule has 0 N–H and O–H groups in total. The van der Waals surface area contributed by atoms with Gasteiger partial charge in [0.15, 0.2) is 0 Å². The first kappa shape index (κ1) is 21.5. The average molecular weight is 359 g/mol. The largest absolute Gasteiger partial charge is 0.505 e. The summed E-state index contributed by atoms with van der Waals surface area (Å²) >= 11 is 5.71. The van der Waals surface area contributed by atoms with Gasteiger partial charge in [0, 0.05) is 41.4 Å². The molecule has 0 saturated carbocycles. The van der Waals surface area contributed by atoms with E-state index in [-0.39, 0.29) is 5.16 Å². The van der Waals surface area contributed by atoms with Crippen molar-refractivity contribution >= 4 is 29.0 Å². The molecule has 0 heterocycles. The Bertz CT molecular complexity index is 255. The summed E-state index contributed by atoms with van der Waals surface area (Å²) in [6.45, 7) is 2.06. The summed E-state index contributed by atoms with van der Waals surface area (Å²) in [5.74, 6) is 0.723. The van der Waals surface area contributed by atoms with Gasteiger partial charge in [-0.15, -0.1) is 11.6 Å². The lowest BCUT2D eigenvalue weighted by Gasteiger charge is -2.39. The molecule has 21 heavy (non-hydrogen) atoms. The normalized spacial score (nSPS) is 14.4. The number of rotatable bonds is 13. The fraction of sp³-hybridized carbons (Fsp3) is 1.00. The second-order valence-corrected chi connectivity index (χ2v) is 13.1. The summed E-state index contributed by atoms with van der Waals surface area (Å²) in [6.07, 6.45) is 4.37. The van der Waals surface area contributed by atoms with Crippen molar-refractivity contribution in [1.29, 1.82) is 0 Å². The molecular formula is C13H31ClO5Si2. The predicted molar refractivity (Wildman–Crippen MR) is 90.0 cm³/mol. The van der Waals surface area contributed by atoms with E-state index in [1.165, 1.54) is 0 Å². The van der Waals surface area contributed by atoms with Crippen LogP contribution < -0.4 is 0 Å². The first-order valence-electron chi connectivity index (χ1n) is 7.34. The van der Waals surface area contributed by atoms with E-state index in [0.717, 1.165) is 37.6 Å². The van der Waals surface area contributed by atoms with Crippen molar-refractivity contribution in [2.24, 2.45) is 0 Å². The van der Waals surface area contributed by atoms with E-state index in [1.54, 1.807) is 35.5 Å². The molecule has 1 atom stereocenters. The molecule has 0 aromatic heterocycles. The molecule has 0 aliphatic rings. The Morgan fingerprint density at radius 1 is 0.762 bits per heavy atom. The molecule has 0 spiro atoms. The maximum absolute atomic E-state index is 5.85. The Labute approximate surface area is 136 Å². The predicted octanol–water partition coefficient (Wildman–Crippen LogP) is 3.33. The monoisotopic (exact) mass is 358 g/mol. The van der Waals surface area contributed by atoms with E-state index in [1.807, 2.05) is 0 Å². The van der Waals surface area contributed by atoms with Crippen molar-refractivity contribution in [3.05, 3.63) is 0 Å². The highest BCUT2D eigenvalue weighted by Crippen LogP contribution is 2.37. The topological polar surface area (TPSA) is 46.2 Å². The van der Waals surface area contributed by atoms with Crippen molar-refractivity contribution in [3.63, 3.8) is 0 Å². The van der Waals surface area contributed by atoms with Crippen LogP contribution in [0.3, 0.4) is 0 Å². The molecule has 0 rings (SSSR count). The summed E-state index contributed by atoms with van der Waals surface area (Å²) in [5.41, 5.74) is 0. The Hall–Kier alpha value is 0.524. The number of halogens is 1. The van der Waals surface area contributed by atoms with Crippen molar-refractivity contribution in [1.82, 2.24) is 0 Å². The van der Waals surface area contributed by atoms with E-state index in [0.29, 0.717) is 0 Å². The Kier molecular flexibility index (Phi) is 11.4. The maximum atomic E-state index is 5.85. The zero-order chi connectivity index (χ0) is 16.4. The number of hydrogen-bond donors (Lipinski definition) is 0. The summed E-state index contributed by atoms with van der Waals surface area (Å²) < 4.78 is 28.5. The van der Waals surface area contributed by atoms with Crippen LogP contribution in [0.2, 0.25) is 11.2 Å². The first-order valence-corrected chi connectivity index (χ1v) is 11.8. The molecule has 1 unspecified atom stereocenters. The molecule has 0 aromatic rings. The quantitative estimate of drug-likeness (QED) is 0.287. The fourth-order valence-corrected chi connectivity index (χ4v) is 11.3. The van der Waals surface area contributed by atoms with Crippen LogP contribution in [0.1, 0.15) is 32.6 Å². The molecule has 0 radical (unpaired) electrons. The van der Waals surface area contributed by atoms with Crippen molar-refractivity contribution in [3.8, 4) is 0 Å². The van der Waals surface area contributed by atoms with Crippen LogP contribution in [0, 0.1) is 0 Å². The maximum Gasteiger partial charge on any atom is 0.505 e. The van der Waals surface area contributed by atoms with E-state index in [9.17, 15) is 0 Å². The molecule has 0 aromatic carbocycles. The molecule has 128 valence electrons. The Morgan fingerprint density at radius 2 is 1.24 bits per heavy atom. The van der Waals surface area contributed by atoms with Gasteiger partial charge < -0.3 is 22.1 Å². The van der Waals surface area contributed by atoms with Crippen LogP contribution in [-0.4, -0.2) is 58.8 Å². The minimum Gasteiger partial charge on any atom is -0.397 e. The lowest BCUT2D eigenvalue weighted by Crippen LogP contribution is -2.59. The third kappa shape index (κ3) is 5.58. The molecular weight excluding hydrogens is 328 g/mol. The van der Waals surface area contributed by atoms with Gasteiger partial charge in [-0.25, -0.2) is 0 Å². The molecule has 0 fully saturated rings. The number of hydrogen-bond acceptors (Lipinski definition) is 5. The van der Waals surface area contributed by atoms with Crippen molar-refractivity contribution < 1.29 is 22.1 Å². The average Bonchev–Trinajstić information content (AvgIpc) is 2.53. The van der Waals surface area contributed by atoms with Gasteiger partial charge in [-0.1, -0.05) is 26.2 Å². The summed E-state index contributed by atoms with van der Waals surface area (Å²) in [7, 11) is 3.07. The van der Waals surface area contributed by atoms with E-state index in [2.05, 4.69) is 6.92 Å². The van der Waals surface area contributed by atoms with Gasteiger partial charge in [-0.05, 0) is 12.5 Å². The van der Waals surface area contributed by atoms with Crippen LogP contribution in [0.25, 0.3) is 0 Å². The molecule has 0 aliphatic carbocycles. The zero-order valence-corrected chi connectivity index (χ0v) is 17.0. The lowest BCUT2D eigenvalue weighted by atomic mass is 10.2. The molecule has 0 aliphatic heterocycles. The molecule has 0 saturated heterocycles. The lowest BCUT2D eigenvalue weighted by molar-refractivity contribution is 0.111. The highest BCUT2D eigenvalue weighted by molar-refractivity contribution is 6.85. The van der Waals surface area contributed by atoms with Crippen LogP contribution >= 0.6 is 11.6 Å². The molecule has 0 bridgehead atoms. The third-order valence-corrected chi connectivity index (χ3v) is 13.3. The van der Waals surface area contributed by atoms with E-state index in [4.69, 9.17) is 33.7 Å². The van der Waals surface area contributed by atoms with Gasteiger partial charge in [-0.3, -0.25) is 0 Å². The van der Waals surface area contributed by atoms with Gasteiger partial charge >= 0.3 is 17.4 Å². The molecule has 5 nitrogen and oxygen atoms in total. The van der Waals surface area contributed by atoms with Gasteiger partial charge in [-0.2, -0.15) is 0 Å². The van der Waals surface area contributed by atoms with Crippen LogP contribution in [0.4, 0.5) is 0 Å². The van der Waals surface area contributed by atoms with Crippen LogP contribution in [0.5, 0.6) is 0 Å². The summed E-state index contributed by atoms with van der Waals surface area (Å²) in [5, 5.41) is -0.00646. The van der Waals surface area contributed by atoms with Gasteiger partial charge in [0.2, 0.25) is 0 Å². The number of unbranched alkanes of at least 4 members (excludes halogenated alkanes) is 3. The standard InChI is InChI=1S/C13H31ClO5Si2/c1-13(21(17-4,18-5)19-6)20(15-2,16-3)12-10-8-7-9-11-14/h13H,7-12H2,1-6H3. The highest BCUT2D eigenvalue weighted by atomic mass is 35.5. The van der Waals surface area contributed by atoms with Crippen LogP contribution in [0.15, 0.2) is 0 Å². The minimum atomic E-state index is -2.78. The SMILES string of the molecule is CO[Si](CCCCCCCl)(OC)C(C)[Si](OC)(OC)OC. The van der Waals surface area contributed by atoms with E-state index >= 15 is 0 Å². The van der Waals surface area contributed by atoms with Crippen LogP contribution in [-0.2, 0) is 22.1 Å².